The lowest BCUT2D eigenvalue weighted by Crippen LogP contribution is -2.29. The molecule has 0 saturated carbocycles. The van der Waals surface area contributed by atoms with Gasteiger partial charge in [0.1, 0.15) is 31.1 Å². The van der Waals surface area contributed by atoms with Crippen molar-refractivity contribution < 1.29 is 9.53 Å². The highest BCUT2D eigenvalue weighted by Gasteiger charge is 2.29. The van der Waals surface area contributed by atoms with Gasteiger partial charge in [-0.05, 0) is 24.3 Å². The summed E-state index contributed by atoms with van der Waals surface area (Å²) >= 11 is 5.91. The van der Waals surface area contributed by atoms with Crippen molar-refractivity contribution in [3.8, 4) is 5.75 Å². The maximum absolute atomic E-state index is 12.6. The number of rotatable bonds is 6. The molecule has 0 saturated heterocycles. The van der Waals surface area contributed by atoms with Crippen molar-refractivity contribution in [1.82, 2.24) is 14.8 Å². The Hall–Kier alpha value is -2.14. The molecule has 0 amide bonds. The summed E-state index contributed by atoms with van der Waals surface area (Å²) in [5.41, 5.74) is -0.477. The monoisotopic (exact) mass is 333 g/mol. The van der Waals surface area contributed by atoms with E-state index in [0.717, 1.165) is 0 Å². The minimum absolute atomic E-state index is 0.0574. The highest BCUT2D eigenvalue weighted by atomic mass is 35.5. The Morgan fingerprint density at radius 2 is 2.22 bits per heavy atom. The first-order valence-corrected chi connectivity index (χ1v) is 7.69. The minimum Gasteiger partial charge on any atom is -0.489 e. The summed E-state index contributed by atoms with van der Waals surface area (Å²) in [4.78, 5) is 16.5. The van der Waals surface area contributed by atoms with Gasteiger partial charge in [0.25, 0.3) is 0 Å². The van der Waals surface area contributed by atoms with Gasteiger partial charge in [-0.25, -0.2) is 9.67 Å². The third-order valence-corrected chi connectivity index (χ3v) is 3.43. The molecule has 0 aliphatic heterocycles. The van der Waals surface area contributed by atoms with Gasteiger partial charge in [-0.15, -0.1) is 0 Å². The van der Waals surface area contributed by atoms with E-state index >= 15 is 0 Å². The largest absolute Gasteiger partial charge is 0.489 e. The van der Waals surface area contributed by atoms with Crippen LogP contribution in [0.1, 0.15) is 26.8 Å². The molecule has 2 aromatic rings. The van der Waals surface area contributed by atoms with Crippen LogP contribution in [0.3, 0.4) is 0 Å². The Kier molecular flexibility index (Phi) is 5.55. The molecule has 1 heterocycles. The Labute approximate surface area is 140 Å². The van der Waals surface area contributed by atoms with Crippen molar-refractivity contribution >= 4 is 17.4 Å². The van der Waals surface area contributed by atoms with Gasteiger partial charge in [-0.2, -0.15) is 5.10 Å². The maximum Gasteiger partial charge on any atom is 0.166 e. The molecular formula is C17H20ClN3O2. The van der Waals surface area contributed by atoms with E-state index in [2.05, 4.69) is 10.1 Å². The summed E-state index contributed by atoms with van der Waals surface area (Å²) < 4.78 is 7.14. The molecular weight excluding hydrogens is 314 g/mol. The molecule has 1 aromatic carbocycles. The van der Waals surface area contributed by atoms with Crippen molar-refractivity contribution in [3.05, 3.63) is 54.1 Å². The SMILES string of the molecule is CC(C)(C)C(=O)C(/C=C\COc1cccc(Cl)c1)n1cncn1. The lowest BCUT2D eigenvalue weighted by Gasteiger charge is -2.22. The zero-order valence-corrected chi connectivity index (χ0v) is 14.2. The number of hydrogen-bond acceptors (Lipinski definition) is 4. The first-order chi connectivity index (χ1) is 10.9. The van der Waals surface area contributed by atoms with Crippen LogP contribution in [0.15, 0.2) is 49.1 Å². The second-order valence-corrected chi connectivity index (χ2v) is 6.57. The fourth-order valence-electron chi connectivity index (χ4n) is 1.99. The smallest absolute Gasteiger partial charge is 0.166 e. The number of benzene rings is 1. The Bertz CT molecular complexity index is 675. The molecule has 0 radical (unpaired) electrons. The lowest BCUT2D eigenvalue weighted by molar-refractivity contribution is -0.128. The quantitative estimate of drug-likeness (QED) is 0.756. The second-order valence-electron chi connectivity index (χ2n) is 6.13. The van der Waals surface area contributed by atoms with Crippen molar-refractivity contribution in [2.45, 2.75) is 26.8 Å². The molecule has 6 heteroatoms. The zero-order chi connectivity index (χ0) is 16.9. The molecule has 1 aromatic heterocycles. The van der Waals surface area contributed by atoms with Crippen molar-refractivity contribution in [2.75, 3.05) is 6.61 Å². The number of carbonyl (C=O) groups excluding carboxylic acids is 1. The van der Waals surface area contributed by atoms with E-state index in [4.69, 9.17) is 16.3 Å². The summed E-state index contributed by atoms with van der Waals surface area (Å²) in [6.07, 6.45) is 6.54. The van der Waals surface area contributed by atoms with Crippen LogP contribution in [0.5, 0.6) is 5.75 Å². The summed E-state index contributed by atoms with van der Waals surface area (Å²) in [6, 6.07) is 6.68. The number of hydrogen-bond donors (Lipinski definition) is 0. The van der Waals surface area contributed by atoms with E-state index in [1.165, 1.54) is 12.7 Å². The molecule has 1 atom stereocenters. The van der Waals surface area contributed by atoms with Gasteiger partial charge in [0.2, 0.25) is 0 Å². The number of carbonyl (C=O) groups is 1. The Morgan fingerprint density at radius 1 is 1.43 bits per heavy atom. The molecule has 0 fully saturated rings. The fourth-order valence-corrected chi connectivity index (χ4v) is 2.17. The highest BCUT2D eigenvalue weighted by molar-refractivity contribution is 6.30. The number of Topliss-reactive ketones (excluding diaryl/α,β-unsaturated/α-hetero) is 1. The number of nitrogens with zero attached hydrogens (tertiary/aromatic N) is 3. The molecule has 0 aliphatic rings. The molecule has 0 bridgehead atoms. The minimum atomic E-state index is -0.500. The third kappa shape index (κ3) is 4.93. The summed E-state index contributed by atoms with van der Waals surface area (Å²) in [7, 11) is 0. The van der Waals surface area contributed by atoms with E-state index < -0.39 is 11.5 Å². The van der Waals surface area contributed by atoms with E-state index in [1.54, 1.807) is 29.0 Å². The number of aromatic nitrogens is 3. The topological polar surface area (TPSA) is 57.0 Å². The van der Waals surface area contributed by atoms with Crippen LogP contribution in [-0.2, 0) is 4.79 Å². The molecule has 122 valence electrons. The summed E-state index contributed by atoms with van der Waals surface area (Å²) in [5, 5.41) is 4.70. The summed E-state index contributed by atoms with van der Waals surface area (Å²) in [6.45, 7) is 5.99. The highest BCUT2D eigenvalue weighted by Crippen LogP contribution is 2.24. The molecule has 0 N–H and O–H groups in total. The normalized spacial score (nSPS) is 13.2. The van der Waals surface area contributed by atoms with Crippen LogP contribution < -0.4 is 4.74 Å². The second kappa shape index (κ2) is 7.42. The van der Waals surface area contributed by atoms with Gasteiger partial charge in [-0.1, -0.05) is 44.5 Å². The number of halogens is 1. The van der Waals surface area contributed by atoms with Gasteiger partial charge < -0.3 is 4.74 Å². The molecule has 0 spiro atoms. The standard InChI is InChI=1S/C17H20ClN3O2/c1-17(2,3)16(22)15(21-12-19-11-20-21)8-5-9-23-14-7-4-6-13(18)10-14/h4-8,10-12,15H,9H2,1-3H3/b8-5-. The fraction of sp³-hybridized carbons (Fsp3) is 0.353. The van der Waals surface area contributed by atoms with Gasteiger partial charge >= 0.3 is 0 Å². The molecule has 2 rings (SSSR count). The number of allylic oxidation sites excluding steroid dienone is 1. The van der Waals surface area contributed by atoms with Crippen LogP contribution in [0.25, 0.3) is 0 Å². The molecule has 23 heavy (non-hydrogen) atoms. The van der Waals surface area contributed by atoms with E-state index in [1.807, 2.05) is 32.9 Å². The van der Waals surface area contributed by atoms with Crippen molar-refractivity contribution in [3.63, 3.8) is 0 Å². The first-order valence-electron chi connectivity index (χ1n) is 7.31. The average Bonchev–Trinajstić information content (AvgIpc) is 3.00. The van der Waals surface area contributed by atoms with Crippen LogP contribution in [0, 0.1) is 5.41 Å². The van der Waals surface area contributed by atoms with E-state index in [9.17, 15) is 4.79 Å². The van der Waals surface area contributed by atoms with Crippen LogP contribution >= 0.6 is 11.6 Å². The predicted molar refractivity (Wildman–Crippen MR) is 89.6 cm³/mol. The predicted octanol–water partition coefficient (Wildman–Crippen LogP) is 3.72. The number of ether oxygens (including phenoxy) is 1. The zero-order valence-electron chi connectivity index (χ0n) is 13.4. The maximum atomic E-state index is 12.6. The molecule has 0 aliphatic carbocycles. The Morgan fingerprint density at radius 3 is 2.83 bits per heavy atom. The van der Waals surface area contributed by atoms with Crippen molar-refractivity contribution in [2.24, 2.45) is 5.41 Å². The molecule has 5 nitrogen and oxygen atoms in total. The van der Waals surface area contributed by atoms with Crippen LogP contribution in [-0.4, -0.2) is 27.2 Å². The molecule has 1 unspecified atom stereocenters. The van der Waals surface area contributed by atoms with Gasteiger partial charge in [-0.3, -0.25) is 4.79 Å². The lowest BCUT2D eigenvalue weighted by atomic mass is 9.86. The Balaban J connectivity index is 2.04. The van der Waals surface area contributed by atoms with Crippen molar-refractivity contribution in [1.29, 1.82) is 0 Å². The van der Waals surface area contributed by atoms with Gasteiger partial charge in [0.15, 0.2) is 5.78 Å². The van der Waals surface area contributed by atoms with Gasteiger partial charge in [0, 0.05) is 10.4 Å². The van der Waals surface area contributed by atoms with Crippen LogP contribution in [0.2, 0.25) is 5.02 Å². The van der Waals surface area contributed by atoms with Crippen LogP contribution in [0.4, 0.5) is 0 Å². The van der Waals surface area contributed by atoms with E-state index in [0.29, 0.717) is 17.4 Å². The average molecular weight is 334 g/mol. The number of ketones is 1. The third-order valence-electron chi connectivity index (χ3n) is 3.19. The van der Waals surface area contributed by atoms with E-state index in [-0.39, 0.29) is 5.78 Å². The van der Waals surface area contributed by atoms with Gasteiger partial charge in [0.05, 0.1) is 0 Å². The first kappa shape index (κ1) is 17.2. The summed E-state index contributed by atoms with van der Waals surface area (Å²) in [5.74, 6) is 0.739.